The van der Waals surface area contributed by atoms with Crippen molar-refractivity contribution in [2.24, 2.45) is 0 Å². The molecule has 4 unspecified atom stereocenters. The second-order valence-corrected chi connectivity index (χ2v) is 30.0. The average Bonchev–Trinajstić information content (AvgIpc) is 2.50. The molecule has 12 heteroatoms. The first-order chi connectivity index (χ1) is 48.7. The molecule has 99 heavy (non-hydrogen) atoms. The molecule has 0 spiro atoms. The van der Waals surface area contributed by atoms with E-state index in [9.17, 15) is 25.2 Å². The van der Waals surface area contributed by atoms with Gasteiger partial charge in [-0.2, -0.15) is 0 Å². The van der Waals surface area contributed by atoms with Crippen LogP contribution in [-0.4, -0.2) is 167 Å². The Balaban J connectivity index is 2.51. The van der Waals surface area contributed by atoms with Crippen molar-refractivity contribution < 1.29 is 30.0 Å². The molecular weight excluding hydrogens is 1260 g/mol. The third kappa shape index (κ3) is 68.9. The third-order valence-electron chi connectivity index (χ3n) is 17.9. The minimum absolute atomic E-state index is 0.165. The predicted octanol–water partition coefficient (Wildman–Crippen LogP) is 21.5. The molecule has 568 valence electrons. The van der Waals surface area contributed by atoms with Crippen LogP contribution in [0.3, 0.4) is 0 Å². The summed E-state index contributed by atoms with van der Waals surface area (Å²) in [6.07, 6.45) is 92.5. The summed E-state index contributed by atoms with van der Waals surface area (Å²) >= 11 is 0. The fourth-order valence-corrected chi connectivity index (χ4v) is 14.1. The first-order valence-corrected chi connectivity index (χ1v) is 43.0. The molecule has 1 saturated heterocycles. The van der Waals surface area contributed by atoms with Gasteiger partial charge in [0.2, 0.25) is 0 Å². The van der Waals surface area contributed by atoms with Crippen molar-refractivity contribution in [1.82, 2.24) is 19.6 Å². The van der Waals surface area contributed by atoms with E-state index in [1.165, 1.54) is 38.5 Å². The Morgan fingerprint density at radius 3 is 0.939 bits per heavy atom. The Labute approximate surface area is 618 Å². The molecule has 1 aliphatic rings. The number of unbranched alkanes of at least 4 members (excludes halogenated alkanes) is 16. The van der Waals surface area contributed by atoms with Gasteiger partial charge in [0.25, 0.3) is 0 Å². The molecular formula is C87H152N4O6S2. The maximum absolute atomic E-state index is 13.0. The Hall–Kier alpha value is -3.27. The minimum Gasteiger partial charge on any atom is -0.464 e. The molecule has 0 aromatic rings. The van der Waals surface area contributed by atoms with Crippen molar-refractivity contribution in [2.75, 3.05) is 96.6 Å². The minimum atomic E-state index is -0.454. The first kappa shape index (κ1) is 93.7. The highest BCUT2D eigenvalue weighted by Crippen LogP contribution is 2.23. The fraction of sp³-hybridized carbons (Fsp3) is 0.713. The molecule has 0 aromatic heterocycles. The van der Waals surface area contributed by atoms with E-state index in [1.54, 1.807) is 0 Å². The number of hydrogen-bond donors (Lipinski definition) is 4. The van der Waals surface area contributed by atoms with Gasteiger partial charge in [0.1, 0.15) is 6.61 Å². The topological polar surface area (TPSA) is 120 Å². The molecule has 0 amide bonds. The molecule has 0 aliphatic carbocycles. The van der Waals surface area contributed by atoms with Gasteiger partial charge in [-0.05, 0) is 180 Å². The van der Waals surface area contributed by atoms with E-state index >= 15 is 0 Å². The van der Waals surface area contributed by atoms with Crippen LogP contribution in [0.1, 0.15) is 278 Å². The van der Waals surface area contributed by atoms with Crippen LogP contribution in [0.4, 0.5) is 0 Å². The molecule has 4 atom stereocenters. The Morgan fingerprint density at radius 1 is 0.343 bits per heavy atom. The summed E-state index contributed by atoms with van der Waals surface area (Å²) < 4.78 is 5.77. The molecule has 1 fully saturated rings. The number of allylic oxidation sites excluding steroid dienone is 24. The average molecular weight is 1410 g/mol. The molecule has 0 radical (unpaired) electrons. The summed E-state index contributed by atoms with van der Waals surface area (Å²) in [6.45, 7) is 18.7. The van der Waals surface area contributed by atoms with Crippen molar-refractivity contribution in [3.8, 4) is 0 Å². The number of aliphatic hydroxyl groups excluding tert-OH is 4. The summed E-state index contributed by atoms with van der Waals surface area (Å²) in [5.74, 6) is 1.97. The zero-order valence-electron chi connectivity index (χ0n) is 64.1. The predicted molar refractivity (Wildman–Crippen MR) is 438 cm³/mol. The van der Waals surface area contributed by atoms with Gasteiger partial charge in [-0.3, -0.25) is 24.4 Å². The van der Waals surface area contributed by atoms with Gasteiger partial charge in [0.15, 0.2) is 0 Å². The number of aliphatic hydroxyl groups is 4. The highest BCUT2D eigenvalue weighted by atomic mass is 33.1. The number of hydrogen-bond acceptors (Lipinski definition) is 12. The van der Waals surface area contributed by atoms with Crippen LogP contribution >= 0.6 is 21.6 Å². The third-order valence-corrected chi connectivity index (χ3v) is 20.4. The van der Waals surface area contributed by atoms with Crippen molar-refractivity contribution in [3.63, 3.8) is 0 Å². The lowest BCUT2D eigenvalue weighted by molar-refractivity contribution is -0.144. The smallest absolute Gasteiger partial charge is 0.305 e. The maximum Gasteiger partial charge on any atom is 0.305 e. The molecule has 4 N–H and O–H groups in total. The van der Waals surface area contributed by atoms with Crippen molar-refractivity contribution in [1.29, 1.82) is 0 Å². The van der Waals surface area contributed by atoms with E-state index in [0.717, 1.165) is 256 Å². The Bertz CT molecular complexity index is 2010. The number of nitrogens with zero attached hydrogens (tertiary/aromatic N) is 4. The van der Waals surface area contributed by atoms with Crippen molar-refractivity contribution in [2.45, 2.75) is 303 Å². The van der Waals surface area contributed by atoms with E-state index in [1.807, 2.05) is 21.6 Å². The quantitative estimate of drug-likeness (QED) is 0.0201. The Morgan fingerprint density at radius 2 is 0.616 bits per heavy atom. The van der Waals surface area contributed by atoms with Gasteiger partial charge in [-0.1, -0.05) is 272 Å². The maximum atomic E-state index is 13.0. The molecule has 10 nitrogen and oxygen atoms in total. The van der Waals surface area contributed by atoms with Gasteiger partial charge < -0.3 is 25.2 Å². The Kier molecular flexibility index (Phi) is 71.8. The van der Waals surface area contributed by atoms with Gasteiger partial charge in [-0.25, -0.2) is 0 Å². The lowest BCUT2D eigenvalue weighted by Crippen LogP contribution is -2.47. The van der Waals surface area contributed by atoms with Gasteiger partial charge in [0.05, 0.1) is 24.4 Å². The number of esters is 1. The summed E-state index contributed by atoms with van der Waals surface area (Å²) in [6, 6.07) is 0. The van der Waals surface area contributed by atoms with E-state index in [4.69, 9.17) is 4.74 Å². The molecule has 1 aliphatic heterocycles. The standard InChI is InChI=1S/C87H152N4O6S2/c1-5-9-13-17-21-25-29-33-37-41-45-49-53-57-63-83(92)79-90(80-84(93)64-58-54-50-46-42-38-34-30-26-22-18-14-10-6-2)68-61-67-87(96)97-76-74-88-70-72-89(73-71-88)75-78-99-98-77-62-69-91(81-85(94)65-59-55-51-47-43-39-35-31-27-23-19-15-11-7-3)82-86(95)66-60-56-52-48-44-40-36-32-28-24-20-16-12-8-4/h9-16,21-28,33-40,83-86,92-95H,5-8,17-20,29-32,41-82H2,1-4H3/b13-9-,14-10-,15-11-,16-12-,25-21-,26-22-,27-23-,28-24-,37-33-,38-34-,39-35-,40-36-. The zero-order chi connectivity index (χ0) is 71.5. The summed E-state index contributed by atoms with van der Waals surface area (Å²) in [7, 11) is 3.92. The lowest BCUT2D eigenvalue weighted by Gasteiger charge is -2.34. The van der Waals surface area contributed by atoms with Crippen LogP contribution in [0.15, 0.2) is 146 Å². The van der Waals surface area contributed by atoms with Crippen LogP contribution in [0.2, 0.25) is 0 Å². The zero-order valence-corrected chi connectivity index (χ0v) is 65.7. The number of carbonyl (C=O) groups excluding carboxylic acids is 1. The summed E-state index contributed by atoms with van der Waals surface area (Å²) in [5.41, 5.74) is 0. The monoisotopic (exact) mass is 1410 g/mol. The summed E-state index contributed by atoms with van der Waals surface area (Å²) in [5, 5.41) is 44.8. The number of ether oxygens (including phenoxy) is 1. The van der Waals surface area contributed by atoms with Gasteiger partial charge in [-0.15, -0.1) is 0 Å². The van der Waals surface area contributed by atoms with Gasteiger partial charge in [0, 0.05) is 83.4 Å². The first-order valence-electron chi connectivity index (χ1n) is 40.5. The lowest BCUT2D eigenvalue weighted by atomic mass is 10.1. The number of rotatable bonds is 71. The van der Waals surface area contributed by atoms with Crippen LogP contribution in [0.25, 0.3) is 0 Å². The molecule has 0 bridgehead atoms. The molecule has 1 heterocycles. The van der Waals surface area contributed by atoms with Crippen LogP contribution in [0.5, 0.6) is 0 Å². The van der Waals surface area contributed by atoms with Crippen molar-refractivity contribution >= 4 is 27.6 Å². The second kappa shape index (κ2) is 75.9. The van der Waals surface area contributed by atoms with Gasteiger partial charge >= 0.3 is 5.97 Å². The number of piperazine rings is 1. The van der Waals surface area contributed by atoms with E-state index < -0.39 is 12.2 Å². The van der Waals surface area contributed by atoms with E-state index in [-0.39, 0.29) is 18.2 Å². The molecule has 0 aromatic carbocycles. The largest absolute Gasteiger partial charge is 0.464 e. The molecule has 0 saturated carbocycles. The normalized spacial score (nSPS) is 15.5. The van der Waals surface area contributed by atoms with Crippen LogP contribution < -0.4 is 0 Å². The highest BCUT2D eigenvalue weighted by molar-refractivity contribution is 8.76. The second-order valence-electron chi connectivity index (χ2n) is 27.3. The number of carbonyl (C=O) groups is 1. The van der Waals surface area contributed by atoms with Crippen LogP contribution in [-0.2, 0) is 9.53 Å². The highest BCUT2D eigenvalue weighted by Gasteiger charge is 2.20. The SMILES string of the molecule is CC/C=C\C/C=C\C/C=C\CCCCCCC(O)CN(CCCSSCCN1CCN(CCOC(=O)CCCN(CC(O)CCCCCC/C=C\C/C=C\C/C=C\CC)CC(O)CCCCCC/C=C\C/C=C\C/C=C\CC)CC1)CC(O)CCCCCC/C=C\C/C=C\C/C=C\CC. The molecule has 1 rings (SSSR count). The van der Waals surface area contributed by atoms with Crippen molar-refractivity contribution in [3.05, 3.63) is 146 Å². The van der Waals surface area contributed by atoms with Crippen LogP contribution in [0, 0.1) is 0 Å². The van der Waals surface area contributed by atoms with E-state index in [2.05, 4.69) is 193 Å². The summed E-state index contributed by atoms with van der Waals surface area (Å²) in [4.78, 5) is 22.5. The fourth-order valence-electron chi connectivity index (χ4n) is 12.0. The van der Waals surface area contributed by atoms with E-state index in [0.29, 0.717) is 52.2 Å².